The monoisotopic (exact) mass is 243 g/mol. The van der Waals surface area contributed by atoms with Crippen molar-refractivity contribution in [1.82, 2.24) is 9.78 Å². The molecule has 96 valence electrons. The van der Waals surface area contributed by atoms with Crippen LogP contribution in [0.5, 0.6) is 0 Å². The molecule has 0 aliphatic rings. The third-order valence-electron chi connectivity index (χ3n) is 3.29. The van der Waals surface area contributed by atoms with Crippen LogP contribution in [0.15, 0.2) is 36.5 Å². The summed E-state index contributed by atoms with van der Waals surface area (Å²) in [5.74, 6) is 0. The summed E-state index contributed by atoms with van der Waals surface area (Å²) < 4.78 is 1.97. The molecular formula is C15H21N3. The Bertz CT molecular complexity index is 485. The van der Waals surface area contributed by atoms with Crippen molar-refractivity contribution in [1.29, 1.82) is 0 Å². The standard InChI is InChI=1S/C15H21N3/c1-3-18-15(10-11-17-18)14(16)9-8-13-6-4-12(2)5-7-13/h4-7,10-11,14H,3,8-9,16H2,1-2H3. The van der Waals surface area contributed by atoms with Gasteiger partial charge < -0.3 is 5.73 Å². The molecule has 0 radical (unpaired) electrons. The molecule has 2 N–H and O–H groups in total. The lowest BCUT2D eigenvalue weighted by Crippen LogP contribution is -2.16. The SMILES string of the molecule is CCn1nccc1C(N)CCc1ccc(C)cc1. The molecule has 1 unspecified atom stereocenters. The zero-order valence-electron chi connectivity index (χ0n) is 11.1. The zero-order chi connectivity index (χ0) is 13.0. The van der Waals surface area contributed by atoms with Crippen LogP contribution in [0.4, 0.5) is 0 Å². The third-order valence-corrected chi connectivity index (χ3v) is 3.29. The van der Waals surface area contributed by atoms with Crippen LogP contribution in [0.3, 0.4) is 0 Å². The van der Waals surface area contributed by atoms with Gasteiger partial charge in [-0.05, 0) is 38.3 Å². The molecule has 0 spiro atoms. The van der Waals surface area contributed by atoms with Crippen molar-refractivity contribution in [2.24, 2.45) is 5.73 Å². The van der Waals surface area contributed by atoms with Gasteiger partial charge >= 0.3 is 0 Å². The number of hydrogen-bond acceptors (Lipinski definition) is 2. The van der Waals surface area contributed by atoms with Gasteiger partial charge in [0.15, 0.2) is 0 Å². The number of aryl methyl sites for hydroxylation is 3. The zero-order valence-corrected chi connectivity index (χ0v) is 11.1. The third kappa shape index (κ3) is 2.99. The van der Waals surface area contributed by atoms with Crippen LogP contribution in [0.25, 0.3) is 0 Å². The first-order valence-corrected chi connectivity index (χ1v) is 6.53. The number of nitrogens with two attached hydrogens (primary N) is 1. The van der Waals surface area contributed by atoms with Crippen LogP contribution in [-0.4, -0.2) is 9.78 Å². The summed E-state index contributed by atoms with van der Waals surface area (Å²) in [7, 11) is 0. The van der Waals surface area contributed by atoms with Crippen LogP contribution < -0.4 is 5.73 Å². The predicted molar refractivity (Wildman–Crippen MR) is 74.3 cm³/mol. The van der Waals surface area contributed by atoms with E-state index in [2.05, 4.69) is 43.2 Å². The van der Waals surface area contributed by atoms with Crippen molar-refractivity contribution in [3.63, 3.8) is 0 Å². The lowest BCUT2D eigenvalue weighted by atomic mass is 10.0. The first-order chi connectivity index (χ1) is 8.70. The summed E-state index contributed by atoms with van der Waals surface area (Å²) >= 11 is 0. The van der Waals surface area contributed by atoms with Crippen molar-refractivity contribution in [3.8, 4) is 0 Å². The van der Waals surface area contributed by atoms with Gasteiger partial charge in [-0.1, -0.05) is 29.8 Å². The van der Waals surface area contributed by atoms with E-state index in [4.69, 9.17) is 5.73 Å². The maximum atomic E-state index is 6.23. The van der Waals surface area contributed by atoms with Crippen molar-refractivity contribution < 1.29 is 0 Å². The minimum Gasteiger partial charge on any atom is -0.323 e. The molecule has 0 aliphatic heterocycles. The van der Waals surface area contributed by atoms with Gasteiger partial charge in [0.1, 0.15) is 0 Å². The lowest BCUT2D eigenvalue weighted by molar-refractivity contribution is 0.547. The molecule has 2 aromatic rings. The second-order valence-electron chi connectivity index (χ2n) is 4.70. The second-order valence-corrected chi connectivity index (χ2v) is 4.70. The van der Waals surface area contributed by atoms with Crippen LogP contribution in [0.1, 0.15) is 36.2 Å². The van der Waals surface area contributed by atoms with Gasteiger partial charge in [0, 0.05) is 18.8 Å². The molecule has 0 saturated carbocycles. The van der Waals surface area contributed by atoms with E-state index >= 15 is 0 Å². The fourth-order valence-electron chi connectivity index (χ4n) is 2.15. The number of benzene rings is 1. The highest BCUT2D eigenvalue weighted by molar-refractivity contribution is 5.21. The second kappa shape index (κ2) is 5.83. The van der Waals surface area contributed by atoms with Gasteiger partial charge in [-0.15, -0.1) is 0 Å². The summed E-state index contributed by atoms with van der Waals surface area (Å²) in [6.07, 6.45) is 3.79. The molecule has 0 fully saturated rings. The lowest BCUT2D eigenvalue weighted by Gasteiger charge is -2.13. The topological polar surface area (TPSA) is 43.8 Å². The summed E-state index contributed by atoms with van der Waals surface area (Å²) in [4.78, 5) is 0. The van der Waals surface area contributed by atoms with Gasteiger partial charge in [0.25, 0.3) is 0 Å². The quantitative estimate of drug-likeness (QED) is 0.877. The van der Waals surface area contributed by atoms with Gasteiger partial charge in [0.2, 0.25) is 0 Å². The van der Waals surface area contributed by atoms with Gasteiger partial charge in [-0.2, -0.15) is 5.10 Å². The number of hydrogen-bond donors (Lipinski definition) is 1. The van der Waals surface area contributed by atoms with Crippen LogP contribution in [-0.2, 0) is 13.0 Å². The van der Waals surface area contributed by atoms with E-state index in [0.29, 0.717) is 0 Å². The van der Waals surface area contributed by atoms with Crippen molar-refractivity contribution in [2.75, 3.05) is 0 Å². The Hall–Kier alpha value is -1.61. The fraction of sp³-hybridized carbons (Fsp3) is 0.400. The van der Waals surface area contributed by atoms with Crippen molar-refractivity contribution >= 4 is 0 Å². The van der Waals surface area contributed by atoms with E-state index in [1.54, 1.807) is 0 Å². The molecule has 1 atom stereocenters. The van der Waals surface area contributed by atoms with Crippen molar-refractivity contribution in [3.05, 3.63) is 53.3 Å². The minimum atomic E-state index is 0.0637. The Morgan fingerprint density at radius 1 is 1.22 bits per heavy atom. The molecule has 3 nitrogen and oxygen atoms in total. The van der Waals surface area contributed by atoms with Gasteiger partial charge in [-0.3, -0.25) is 4.68 Å². The molecular weight excluding hydrogens is 222 g/mol. The molecule has 1 heterocycles. The minimum absolute atomic E-state index is 0.0637. The number of rotatable bonds is 5. The highest BCUT2D eigenvalue weighted by Crippen LogP contribution is 2.16. The maximum absolute atomic E-state index is 6.23. The molecule has 1 aromatic heterocycles. The average Bonchev–Trinajstić information content (AvgIpc) is 2.86. The Morgan fingerprint density at radius 2 is 1.94 bits per heavy atom. The molecule has 0 amide bonds. The molecule has 0 aliphatic carbocycles. The Labute approximate surface area is 109 Å². The van der Waals surface area contributed by atoms with E-state index in [0.717, 1.165) is 25.1 Å². The Balaban J connectivity index is 1.96. The summed E-state index contributed by atoms with van der Waals surface area (Å²) in [5.41, 5.74) is 10.0. The van der Waals surface area contributed by atoms with Crippen LogP contribution in [0.2, 0.25) is 0 Å². The van der Waals surface area contributed by atoms with Crippen LogP contribution in [0, 0.1) is 6.92 Å². The largest absolute Gasteiger partial charge is 0.323 e. The van der Waals surface area contributed by atoms with E-state index in [-0.39, 0.29) is 6.04 Å². The smallest absolute Gasteiger partial charge is 0.0551 e. The summed E-state index contributed by atoms with van der Waals surface area (Å²) in [6, 6.07) is 10.7. The molecule has 1 aromatic carbocycles. The highest BCUT2D eigenvalue weighted by Gasteiger charge is 2.10. The number of aromatic nitrogens is 2. The number of nitrogens with zero attached hydrogens (tertiary/aromatic N) is 2. The Kier molecular flexibility index (Phi) is 4.15. The normalized spacial score (nSPS) is 12.6. The van der Waals surface area contributed by atoms with E-state index in [1.165, 1.54) is 11.1 Å². The summed E-state index contributed by atoms with van der Waals surface area (Å²) in [5, 5.41) is 4.26. The molecule has 18 heavy (non-hydrogen) atoms. The predicted octanol–water partition coefficient (Wildman–Crippen LogP) is 2.84. The molecule has 0 saturated heterocycles. The molecule has 0 bridgehead atoms. The van der Waals surface area contributed by atoms with Crippen molar-refractivity contribution in [2.45, 2.75) is 39.3 Å². The first-order valence-electron chi connectivity index (χ1n) is 6.53. The van der Waals surface area contributed by atoms with E-state index in [1.807, 2.05) is 16.9 Å². The average molecular weight is 243 g/mol. The fourth-order valence-corrected chi connectivity index (χ4v) is 2.15. The molecule has 2 rings (SSSR count). The van der Waals surface area contributed by atoms with Crippen LogP contribution >= 0.6 is 0 Å². The summed E-state index contributed by atoms with van der Waals surface area (Å²) in [6.45, 7) is 5.07. The van der Waals surface area contributed by atoms with E-state index < -0.39 is 0 Å². The van der Waals surface area contributed by atoms with Gasteiger partial charge in [-0.25, -0.2) is 0 Å². The Morgan fingerprint density at radius 3 is 2.61 bits per heavy atom. The first kappa shape index (κ1) is 12.8. The maximum Gasteiger partial charge on any atom is 0.0551 e. The van der Waals surface area contributed by atoms with E-state index in [9.17, 15) is 0 Å². The molecule has 3 heteroatoms. The van der Waals surface area contributed by atoms with Gasteiger partial charge in [0.05, 0.1) is 5.69 Å². The highest BCUT2D eigenvalue weighted by atomic mass is 15.3.